The molecule has 0 saturated heterocycles. The molecule has 0 spiro atoms. The molecule has 0 atom stereocenters. The van der Waals surface area contributed by atoms with Crippen LogP contribution in [0.3, 0.4) is 0 Å². The summed E-state index contributed by atoms with van der Waals surface area (Å²) in [5.74, 6) is -0.558. The third kappa shape index (κ3) is 3.01. The van der Waals surface area contributed by atoms with Crippen LogP contribution in [0.1, 0.15) is 27.0 Å². The van der Waals surface area contributed by atoms with Crippen molar-refractivity contribution in [1.29, 1.82) is 0 Å². The fourth-order valence-electron chi connectivity index (χ4n) is 3.56. The number of fused-ring (bicyclic) bond motifs is 3. The highest BCUT2D eigenvalue weighted by Gasteiger charge is 2.30. The molecule has 3 aromatic carbocycles. The minimum atomic E-state index is -4.40. The number of nitrogens with two attached hydrogens (primary N) is 1. The van der Waals surface area contributed by atoms with Gasteiger partial charge in [-0.2, -0.15) is 13.2 Å². The van der Waals surface area contributed by atoms with Crippen LogP contribution in [0, 0.1) is 13.0 Å². The number of benzene rings is 3. The fraction of sp³-hybridized carbons (Fsp3) is 0.136. The molecular weight excluding hydrogens is 365 g/mol. The standard InChI is InChI=1S/C22H16F3N2O/c1-13-8-9-16-19(10-13)27(18-7-3-6-17(20(16)18)21(26)28)12-14-4-2-5-15(11-14)22(23,24)25/h2-8,10-11H,12H2,1H3,(H2,26,28). The van der Waals surface area contributed by atoms with Gasteiger partial charge < -0.3 is 10.3 Å². The highest BCUT2D eigenvalue weighted by molar-refractivity contribution is 6.17. The predicted molar refractivity (Wildman–Crippen MR) is 102 cm³/mol. The normalized spacial score (nSPS) is 12.0. The maximum atomic E-state index is 13.1. The van der Waals surface area contributed by atoms with E-state index in [1.165, 1.54) is 6.07 Å². The van der Waals surface area contributed by atoms with Gasteiger partial charge >= 0.3 is 6.18 Å². The molecule has 1 aromatic heterocycles. The summed E-state index contributed by atoms with van der Waals surface area (Å²) in [4.78, 5) is 11.9. The Bertz CT molecular complexity index is 1220. The number of primary amides is 1. The summed E-state index contributed by atoms with van der Waals surface area (Å²) >= 11 is 0. The number of alkyl halides is 3. The van der Waals surface area contributed by atoms with E-state index in [1.54, 1.807) is 18.2 Å². The van der Waals surface area contributed by atoms with E-state index in [0.29, 0.717) is 16.5 Å². The summed E-state index contributed by atoms with van der Waals surface area (Å²) in [6.45, 7) is 2.14. The van der Waals surface area contributed by atoms with Crippen LogP contribution in [0.4, 0.5) is 13.2 Å². The molecule has 2 N–H and O–H groups in total. The molecule has 4 rings (SSSR count). The molecule has 6 heteroatoms. The number of hydrogen-bond donors (Lipinski definition) is 1. The minimum absolute atomic E-state index is 0.226. The first-order chi connectivity index (χ1) is 13.3. The average Bonchev–Trinajstić information content (AvgIpc) is 2.94. The largest absolute Gasteiger partial charge is 0.416 e. The van der Waals surface area contributed by atoms with Crippen molar-refractivity contribution in [2.24, 2.45) is 5.73 Å². The SMILES string of the molecule is Cc1c[c]c2c3c(C(N)=O)cccc3n(Cc3cccc(C(F)(F)F)c3)c2c1. The first-order valence-electron chi connectivity index (χ1n) is 8.65. The fourth-order valence-corrected chi connectivity index (χ4v) is 3.56. The Labute approximate surface area is 159 Å². The molecule has 0 unspecified atom stereocenters. The van der Waals surface area contributed by atoms with Gasteiger partial charge in [-0.25, -0.2) is 0 Å². The van der Waals surface area contributed by atoms with Crippen LogP contribution in [0.25, 0.3) is 21.8 Å². The van der Waals surface area contributed by atoms with E-state index in [0.717, 1.165) is 34.1 Å². The van der Waals surface area contributed by atoms with Gasteiger partial charge in [0.15, 0.2) is 0 Å². The number of amides is 1. The van der Waals surface area contributed by atoms with Crippen molar-refractivity contribution in [2.75, 3.05) is 0 Å². The van der Waals surface area contributed by atoms with E-state index in [9.17, 15) is 18.0 Å². The maximum Gasteiger partial charge on any atom is 0.416 e. The van der Waals surface area contributed by atoms with Crippen molar-refractivity contribution in [3.63, 3.8) is 0 Å². The lowest BCUT2D eigenvalue weighted by Gasteiger charge is -2.11. The average molecular weight is 381 g/mol. The van der Waals surface area contributed by atoms with Crippen molar-refractivity contribution < 1.29 is 18.0 Å². The number of carbonyl (C=O) groups excluding carboxylic acids is 1. The quantitative estimate of drug-likeness (QED) is 0.529. The van der Waals surface area contributed by atoms with Gasteiger partial charge in [0.1, 0.15) is 0 Å². The molecule has 141 valence electrons. The monoisotopic (exact) mass is 381 g/mol. The predicted octanol–water partition coefficient (Wildman–Crippen LogP) is 5.07. The van der Waals surface area contributed by atoms with E-state index in [-0.39, 0.29) is 6.54 Å². The number of aryl methyl sites for hydroxylation is 1. The van der Waals surface area contributed by atoms with Crippen LogP contribution < -0.4 is 5.73 Å². The number of halogens is 3. The topological polar surface area (TPSA) is 48.0 Å². The lowest BCUT2D eigenvalue weighted by Crippen LogP contribution is -2.11. The molecule has 0 aliphatic rings. The van der Waals surface area contributed by atoms with Crippen molar-refractivity contribution >= 4 is 27.7 Å². The van der Waals surface area contributed by atoms with Crippen molar-refractivity contribution in [2.45, 2.75) is 19.6 Å². The van der Waals surface area contributed by atoms with Crippen LogP contribution in [-0.4, -0.2) is 10.5 Å². The van der Waals surface area contributed by atoms with Crippen LogP contribution in [0.15, 0.2) is 54.6 Å². The molecule has 1 heterocycles. The number of rotatable bonds is 3. The summed E-state index contributed by atoms with van der Waals surface area (Å²) in [6.07, 6.45) is -4.40. The molecule has 3 nitrogen and oxygen atoms in total. The van der Waals surface area contributed by atoms with Gasteiger partial charge in [-0.05, 0) is 54.4 Å². The van der Waals surface area contributed by atoms with Crippen LogP contribution >= 0.6 is 0 Å². The third-order valence-corrected chi connectivity index (χ3v) is 4.80. The number of nitrogens with zero attached hydrogens (tertiary/aromatic N) is 1. The molecule has 1 radical (unpaired) electrons. The zero-order chi connectivity index (χ0) is 20.1. The van der Waals surface area contributed by atoms with Crippen molar-refractivity contribution in [3.8, 4) is 0 Å². The van der Waals surface area contributed by atoms with Crippen LogP contribution in [-0.2, 0) is 12.7 Å². The zero-order valence-electron chi connectivity index (χ0n) is 15.0. The molecule has 0 saturated carbocycles. The molecular formula is C22H16F3N2O. The lowest BCUT2D eigenvalue weighted by molar-refractivity contribution is -0.137. The van der Waals surface area contributed by atoms with Gasteiger partial charge in [0.25, 0.3) is 0 Å². The minimum Gasteiger partial charge on any atom is -0.366 e. The molecule has 0 aliphatic heterocycles. The molecule has 0 fully saturated rings. The highest BCUT2D eigenvalue weighted by Crippen LogP contribution is 2.34. The Kier molecular flexibility index (Phi) is 4.14. The molecule has 1 amide bonds. The Balaban J connectivity index is 1.97. The number of hydrogen-bond acceptors (Lipinski definition) is 1. The van der Waals surface area contributed by atoms with Gasteiger partial charge in [-0.3, -0.25) is 4.79 Å². The van der Waals surface area contributed by atoms with Gasteiger partial charge in [-0.1, -0.05) is 24.3 Å². The van der Waals surface area contributed by atoms with Crippen molar-refractivity contribution in [3.05, 3.63) is 82.9 Å². The third-order valence-electron chi connectivity index (χ3n) is 4.80. The molecule has 4 aromatic rings. The van der Waals surface area contributed by atoms with E-state index in [1.807, 2.05) is 29.7 Å². The Morgan fingerprint density at radius 2 is 1.86 bits per heavy atom. The van der Waals surface area contributed by atoms with Gasteiger partial charge in [0, 0.05) is 22.9 Å². The Morgan fingerprint density at radius 3 is 2.57 bits per heavy atom. The van der Waals surface area contributed by atoms with Gasteiger partial charge in [0.05, 0.1) is 16.6 Å². The molecule has 0 bridgehead atoms. The summed E-state index contributed by atoms with van der Waals surface area (Å²) in [5.41, 5.74) is 8.21. The van der Waals surface area contributed by atoms with Crippen molar-refractivity contribution in [1.82, 2.24) is 4.57 Å². The van der Waals surface area contributed by atoms with E-state index in [2.05, 4.69) is 6.07 Å². The Hall–Kier alpha value is -3.28. The van der Waals surface area contributed by atoms with E-state index < -0.39 is 17.6 Å². The first kappa shape index (κ1) is 18.1. The zero-order valence-corrected chi connectivity index (χ0v) is 15.0. The number of carbonyl (C=O) groups is 1. The highest BCUT2D eigenvalue weighted by atomic mass is 19.4. The first-order valence-corrected chi connectivity index (χ1v) is 8.65. The summed E-state index contributed by atoms with van der Waals surface area (Å²) in [7, 11) is 0. The lowest BCUT2D eigenvalue weighted by atomic mass is 10.1. The van der Waals surface area contributed by atoms with E-state index >= 15 is 0 Å². The van der Waals surface area contributed by atoms with E-state index in [4.69, 9.17) is 5.73 Å². The van der Waals surface area contributed by atoms with Gasteiger partial charge in [-0.15, -0.1) is 0 Å². The second kappa shape index (κ2) is 6.41. The van der Waals surface area contributed by atoms with Crippen LogP contribution in [0.5, 0.6) is 0 Å². The number of aromatic nitrogens is 1. The molecule has 0 aliphatic carbocycles. The molecule has 28 heavy (non-hydrogen) atoms. The van der Waals surface area contributed by atoms with Crippen LogP contribution in [0.2, 0.25) is 0 Å². The van der Waals surface area contributed by atoms with Gasteiger partial charge in [0.2, 0.25) is 5.91 Å². The maximum absolute atomic E-state index is 13.1. The summed E-state index contributed by atoms with van der Waals surface area (Å²) in [5, 5.41) is 1.39. The smallest absolute Gasteiger partial charge is 0.366 e. The Morgan fingerprint density at radius 1 is 1.11 bits per heavy atom. The second-order valence-electron chi connectivity index (χ2n) is 6.79. The summed E-state index contributed by atoms with van der Waals surface area (Å²) in [6, 6.07) is 17.4. The second-order valence-corrected chi connectivity index (χ2v) is 6.79. The summed E-state index contributed by atoms with van der Waals surface area (Å²) < 4.78 is 41.2.